The maximum Gasteiger partial charge on any atom is 0.223 e. The largest absolute Gasteiger partial charge is 0.356 e. The van der Waals surface area contributed by atoms with E-state index in [1.54, 1.807) is 0 Å². The minimum Gasteiger partial charge on any atom is -0.356 e. The Hall–Kier alpha value is -1.86. The first-order chi connectivity index (χ1) is 11.2. The van der Waals surface area contributed by atoms with E-state index in [9.17, 15) is 4.79 Å². The number of nitrogens with one attached hydrogen (secondary N) is 1. The third-order valence-corrected chi connectivity index (χ3v) is 5.28. The molecular formula is C19H25N3O. The molecule has 3 rings (SSSR count). The Morgan fingerprint density at radius 3 is 2.78 bits per heavy atom. The van der Waals surface area contributed by atoms with Gasteiger partial charge < -0.3 is 5.32 Å². The first-order valence-electron chi connectivity index (χ1n) is 8.61. The van der Waals surface area contributed by atoms with Crippen molar-refractivity contribution in [2.24, 2.45) is 11.8 Å². The summed E-state index contributed by atoms with van der Waals surface area (Å²) in [5, 5.41) is 11.9. The van der Waals surface area contributed by atoms with Gasteiger partial charge in [-0.05, 0) is 62.2 Å². The fourth-order valence-corrected chi connectivity index (χ4v) is 3.66. The van der Waals surface area contributed by atoms with Gasteiger partial charge in [0.05, 0.1) is 12.6 Å². The fraction of sp³-hybridized carbons (Fsp3) is 0.579. The molecule has 2 atom stereocenters. The maximum absolute atomic E-state index is 12.3. The highest BCUT2D eigenvalue weighted by Crippen LogP contribution is 2.48. The zero-order valence-corrected chi connectivity index (χ0v) is 13.8. The van der Waals surface area contributed by atoms with Crippen LogP contribution in [-0.4, -0.2) is 37.0 Å². The van der Waals surface area contributed by atoms with Crippen LogP contribution in [0.25, 0.3) is 0 Å². The average molecular weight is 311 g/mol. The van der Waals surface area contributed by atoms with Crippen molar-refractivity contribution in [1.29, 1.82) is 5.26 Å². The van der Waals surface area contributed by atoms with E-state index in [2.05, 4.69) is 47.5 Å². The molecule has 1 saturated carbocycles. The first kappa shape index (κ1) is 16.0. The van der Waals surface area contributed by atoms with Crippen LogP contribution >= 0.6 is 0 Å². The van der Waals surface area contributed by atoms with Crippen molar-refractivity contribution >= 4 is 5.91 Å². The smallest absolute Gasteiger partial charge is 0.223 e. The topological polar surface area (TPSA) is 56.1 Å². The Morgan fingerprint density at radius 2 is 2.09 bits per heavy atom. The maximum atomic E-state index is 12.3. The SMILES string of the molecule is Cc1ccccc1[C@H]1C[C@H]1C(=O)NCC1CCN(CC#N)CC1. The zero-order valence-electron chi connectivity index (χ0n) is 13.8. The van der Waals surface area contributed by atoms with Gasteiger partial charge in [-0.3, -0.25) is 9.69 Å². The molecule has 23 heavy (non-hydrogen) atoms. The standard InChI is InChI=1S/C19H25N3O/c1-14-4-2-3-5-16(14)17-12-18(17)19(23)21-13-15-6-9-22(10-7-15)11-8-20/h2-5,15,17-18H,6-7,9-13H2,1H3,(H,21,23)/t17-,18-/m1/s1. The monoisotopic (exact) mass is 311 g/mol. The molecule has 4 heteroatoms. The van der Waals surface area contributed by atoms with E-state index in [4.69, 9.17) is 5.26 Å². The van der Waals surface area contributed by atoms with Crippen LogP contribution in [0.2, 0.25) is 0 Å². The number of hydrogen-bond acceptors (Lipinski definition) is 3. The molecule has 2 fully saturated rings. The second-order valence-electron chi connectivity index (χ2n) is 6.93. The van der Waals surface area contributed by atoms with Crippen LogP contribution in [-0.2, 0) is 4.79 Å². The second-order valence-corrected chi connectivity index (χ2v) is 6.93. The van der Waals surface area contributed by atoms with E-state index < -0.39 is 0 Å². The molecule has 1 aliphatic carbocycles. The lowest BCUT2D eigenvalue weighted by atomic mass is 9.96. The van der Waals surface area contributed by atoms with Crippen LogP contribution in [0.3, 0.4) is 0 Å². The second kappa shape index (κ2) is 7.14. The van der Waals surface area contributed by atoms with E-state index in [0.29, 0.717) is 18.4 Å². The molecule has 2 aliphatic rings. The molecule has 1 aromatic rings. The summed E-state index contributed by atoms with van der Waals surface area (Å²) in [7, 11) is 0. The first-order valence-corrected chi connectivity index (χ1v) is 8.61. The van der Waals surface area contributed by atoms with E-state index >= 15 is 0 Å². The predicted octanol–water partition coefficient (Wildman–Crippen LogP) is 2.45. The van der Waals surface area contributed by atoms with Gasteiger partial charge in [0.25, 0.3) is 0 Å². The number of likely N-dealkylation sites (tertiary alicyclic amines) is 1. The molecule has 122 valence electrons. The van der Waals surface area contributed by atoms with Gasteiger partial charge in [-0.15, -0.1) is 0 Å². The summed E-state index contributed by atoms with van der Waals surface area (Å²) in [4.78, 5) is 14.5. The normalized spacial score (nSPS) is 24.9. The van der Waals surface area contributed by atoms with Crippen molar-refractivity contribution in [2.75, 3.05) is 26.2 Å². The number of amides is 1. The highest BCUT2D eigenvalue weighted by Gasteiger charge is 2.44. The molecule has 0 bridgehead atoms. The lowest BCUT2D eigenvalue weighted by Gasteiger charge is -2.30. The molecule has 1 aromatic carbocycles. The van der Waals surface area contributed by atoms with E-state index in [0.717, 1.165) is 38.9 Å². The molecule has 1 amide bonds. The highest BCUT2D eigenvalue weighted by atomic mass is 16.2. The van der Waals surface area contributed by atoms with Crippen molar-refractivity contribution in [1.82, 2.24) is 10.2 Å². The summed E-state index contributed by atoms with van der Waals surface area (Å²) in [6.07, 6.45) is 3.14. The van der Waals surface area contributed by atoms with Crippen LogP contribution < -0.4 is 5.32 Å². The van der Waals surface area contributed by atoms with Gasteiger partial charge >= 0.3 is 0 Å². The number of piperidine rings is 1. The number of rotatable bonds is 5. The Balaban J connectivity index is 1.42. The lowest BCUT2D eigenvalue weighted by molar-refractivity contribution is -0.122. The summed E-state index contributed by atoms with van der Waals surface area (Å²) in [5.74, 6) is 1.35. The minimum atomic E-state index is 0.162. The molecule has 0 unspecified atom stereocenters. The Kier molecular flexibility index (Phi) is 4.97. The summed E-state index contributed by atoms with van der Waals surface area (Å²) in [6.45, 7) is 5.39. The van der Waals surface area contributed by atoms with Gasteiger partial charge in [0.1, 0.15) is 0 Å². The van der Waals surface area contributed by atoms with Crippen molar-refractivity contribution in [2.45, 2.75) is 32.1 Å². The third-order valence-electron chi connectivity index (χ3n) is 5.28. The number of hydrogen-bond donors (Lipinski definition) is 1. The van der Waals surface area contributed by atoms with Crippen LogP contribution in [0.5, 0.6) is 0 Å². The Bertz CT molecular complexity index is 599. The number of carbonyl (C=O) groups excluding carboxylic acids is 1. The summed E-state index contributed by atoms with van der Waals surface area (Å²) >= 11 is 0. The number of nitriles is 1. The van der Waals surface area contributed by atoms with Gasteiger partial charge in [-0.1, -0.05) is 24.3 Å². The van der Waals surface area contributed by atoms with Crippen molar-refractivity contribution in [3.8, 4) is 6.07 Å². The van der Waals surface area contributed by atoms with E-state index in [1.807, 2.05) is 0 Å². The average Bonchev–Trinajstić information content (AvgIpc) is 3.35. The summed E-state index contributed by atoms with van der Waals surface area (Å²) in [5.41, 5.74) is 2.62. The van der Waals surface area contributed by atoms with Crippen molar-refractivity contribution in [3.05, 3.63) is 35.4 Å². The lowest BCUT2D eigenvalue weighted by Crippen LogP contribution is -2.39. The summed E-state index contributed by atoms with van der Waals surface area (Å²) < 4.78 is 0. The van der Waals surface area contributed by atoms with Crippen LogP contribution in [0.1, 0.15) is 36.3 Å². The van der Waals surface area contributed by atoms with E-state index in [1.165, 1.54) is 11.1 Å². The highest BCUT2D eigenvalue weighted by molar-refractivity contribution is 5.83. The number of nitrogens with zero attached hydrogens (tertiary/aromatic N) is 2. The van der Waals surface area contributed by atoms with Gasteiger partial charge in [0.15, 0.2) is 0 Å². The predicted molar refractivity (Wildman–Crippen MR) is 89.8 cm³/mol. The molecular weight excluding hydrogens is 286 g/mol. The van der Waals surface area contributed by atoms with Gasteiger partial charge in [-0.2, -0.15) is 5.26 Å². The van der Waals surface area contributed by atoms with Crippen LogP contribution in [0.4, 0.5) is 0 Å². The Morgan fingerprint density at radius 1 is 1.35 bits per heavy atom. The number of carbonyl (C=O) groups is 1. The molecule has 1 N–H and O–H groups in total. The molecule has 1 saturated heterocycles. The number of benzene rings is 1. The molecule has 0 aromatic heterocycles. The molecule has 1 aliphatic heterocycles. The molecule has 0 radical (unpaired) electrons. The minimum absolute atomic E-state index is 0.162. The molecule has 1 heterocycles. The van der Waals surface area contributed by atoms with Crippen molar-refractivity contribution in [3.63, 3.8) is 0 Å². The van der Waals surface area contributed by atoms with Crippen LogP contribution in [0.15, 0.2) is 24.3 Å². The quantitative estimate of drug-likeness (QED) is 0.850. The van der Waals surface area contributed by atoms with Gasteiger partial charge in [-0.25, -0.2) is 0 Å². The van der Waals surface area contributed by atoms with Crippen LogP contribution in [0, 0.1) is 30.1 Å². The Labute approximate surface area is 138 Å². The molecule has 0 spiro atoms. The molecule has 4 nitrogen and oxygen atoms in total. The van der Waals surface area contributed by atoms with Gasteiger partial charge in [0.2, 0.25) is 5.91 Å². The van der Waals surface area contributed by atoms with E-state index in [-0.39, 0.29) is 11.8 Å². The van der Waals surface area contributed by atoms with Gasteiger partial charge in [0, 0.05) is 12.5 Å². The fourth-order valence-electron chi connectivity index (χ4n) is 3.66. The number of aryl methyl sites for hydroxylation is 1. The summed E-state index contributed by atoms with van der Waals surface area (Å²) in [6, 6.07) is 10.6. The zero-order chi connectivity index (χ0) is 16.2. The third kappa shape index (κ3) is 3.92. The van der Waals surface area contributed by atoms with Crippen molar-refractivity contribution < 1.29 is 4.79 Å².